The number of anilines is 2. The summed E-state index contributed by atoms with van der Waals surface area (Å²) in [6, 6.07) is 10.8. The highest BCUT2D eigenvalue weighted by molar-refractivity contribution is 5.97. The first kappa shape index (κ1) is 16.6. The van der Waals surface area contributed by atoms with Crippen molar-refractivity contribution in [3.05, 3.63) is 48.4 Å². The molecule has 3 rings (SSSR count). The largest absolute Gasteiger partial charge is 0.464 e. The Kier molecular flexibility index (Phi) is 4.47. The first-order chi connectivity index (χ1) is 12.0. The third kappa shape index (κ3) is 3.35. The Hall–Kier alpha value is -3.22. The highest BCUT2D eigenvalue weighted by atomic mass is 16.5. The molecule has 0 spiro atoms. The molecule has 0 fully saturated rings. The number of carbonyl (C=O) groups excluding carboxylic acids is 2. The maximum atomic E-state index is 12.4. The van der Waals surface area contributed by atoms with E-state index in [9.17, 15) is 9.59 Å². The second-order valence-electron chi connectivity index (χ2n) is 5.77. The lowest BCUT2D eigenvalue weighted by Crippen LogP contribution is -2.21. The third-order valence-electron chi connectivity index (χ3n) is 3.89. The molecule has 7 heteroatoms. The molecular weight excluding hydrogens is 322 g/mol. The fourth-order valence-corrected chi connectivity index (χ4v) is 2.61. The van der Waals surface area contributed by atoms with E-state index in [1.807, 2.05) is 43.3 Å². The van der Waals surface area contributed by atoms with Gasteiger partial charge in [0, 0.05) is 37.6 Å². The summed E-state index contributed by atoms with van der Waals surface area (Å²) in [5.41, 5.74) is 3.19. The van der Waals surface area contributed by atoms with Gasteiger partial charge < -0.3 is 23.9 Å². The van der Waals surface area contributed by atoms with E-state index in [1.54, 1.807) is 16.7 Å². The van der Waals surface area contributed by atoms with Crippen LogP contribution in [0.25, 0.3) is 11.1 Å². The molecule has 0 atom stereocenters. The summed E-state index contributed by atoms with van der Waals surface area (Å²) in [5.74, 6) is -0.768. The van der Waals surface area contributed by atoms with Gasteiger partial charge in [0.15, 0.2) is 5.58 Å². The smallest absolute Gasteiger partial charge is 0.354 e. The van der Waals surface area contributed by atoms with Crippen LogP contribution in [0.5, 0.6) is 0 Å². The zero-order valence-electron chi connectivity index (χ0n) is 14.3. The average molecular weight is 341 g/mol. The average Bonchev–Trinajstić information content (AvgIpc) is 3.17. The van der Waals surface area contributed by atoms with Crippen LogP contribution in [0.3, 0.4) is 0 Å². The number of nitrogens with one attached hydrogen (secondary N) is 1. The van der Waals surface area contributed by atoms with Gasteiger partial charge in [-0.3, -0.25) is 4.79 Å². The van der Waals surface area contributed by atoms with Crippen LogP contribution in [0.2, 0.25) is 0 Å². The predicted octanol–water partition coefficient (Wildman–Crippen LogP) is 2.73. The van der Waals surface area contributed by atoms with Crippen LogP contribution in [-0.2, 0) is 16.1 Å². The Bertz CT molecular complexity index is 906. The summed E-state index contributed by atoms with van der Waals surface area (Å²) in [6.45, 7) is -0.0249. The molecule has 2 heterocycles. The van der Waals surface area contributed by atoms with Gasteiger partial charge in [0.1, 0.15) is 12.2 Å². The monoisotopic (exact) mass is 341 g/mol. The molecule has 2 aromatic heterocycles. The molecule has 0 aliphatic heterocycles. The number of benzene rings is 1. The number of aromatic nitrogens is 1. The first-order valence-electron chi connectivity index (χ1n) is 7.72. The fraction of sp³-hybridized carbons (Fsp3) is 0.222. The van der Waals surface area contributed by atoms with Crippen molar-refractivity contribution in [1.29, 1.82) is 0 Å². The number of esters is 1. The van der Waals surface area contributed by atoms with Gasteiger partial charge >= 0.3 is 5.97 Å². The standard InChI is InChI=1S/C18H19N3O4/c1-20(2)13-6-4-12(5-7-13)19-17(22)11-21-14-8-9-25-16(14)10-15(21)18(23)24-3/h4-10H,11H2,1-3H3,(H,19,22). The molecule has 25 heavy (non-hydrogen) atoms. The van der Waals surface area contributed by atoms with E-state index in [0.29, 0.717) is 16.8 Å². The van der Waals surface area contributed by atoms with Crippen LogP contribution < -0.4 is 10.2 Å². The molecule has 1 N–H and O–H groups in total. The number of carbonyl (C=O) groups is 2. The lowest BCUT2D eigenvalue weighted by molar-refractivity contribution is -0.116. The molecule has 0 saturated heterocycles. The number of furan rings is 1. The molecule has 7 nitrogen and oxygen atoms in total. The van der Waals surface area contributed by atoms with Crippen LogP contribution in [-0.4, -0.2) is 37.6 Å². The number of hydrogen-bond donors (Lipinski definition) is 1. The van der Waals surface area contributed by atoms with Crippen LogP contribution in [0.4, 0.5) is 11.4 Å². The Balaban J connectivity index is 1.79. The van der Waals surface area contributed by atoms with Crippen LogP contribution in [0.1, 0.15) is 10.5 Å². The molecule has 0 bridgehead atoms. The van der Waals surface area contributed by atoms with Crippen molar-refractivity contribution in [1.82, 2.24) is 4.57 Å². The summed E-state index contributed by atoms with van der Waals surface area (Å²) in [4.78, 5) is 26.3. The number of fused-ring (bicyclic) bond motifs is 1. The van der Waals surface area contributed by atoms with Gasteiger partial charge in [-0.1, -0.05) is 0 Å². The van der Waals surface area contributed by atoms with Crippen LogP contribution in [0, 0.1) is 0 Å². The molecule has 1 amide bonds. The van der Waals surface area contributed by atoms with Gasteiger partial charge in [0.25, 0.3) is 0 Å². The quantitative estimate of drug-likeness (QED) is 0.722. The Morgan fingerprint density at radius 2 is 1.92 bits per heavy atom. The SMILES string of the molecule is COC(=O)c1cc2occc2n1CC(=O)Nc1ccc(N(C)C)cc1. The minimum Gasteiger partial charge on any atom is -0.464 e. The Morgan fingerprint density at radius 3 is 2.56 bits per heavy atom. The molecule has 130 valence electrons. The zero-order chi connectivity index (χ0) is 18.0. The minimum absolute atomic E-state index is 0.0249. The fourth-order valence-electron chi connectivity index (χ4n) is 2.61. The van der Waals surface area contributed by atoms with E-state index >= 15 is 0 Å². The van der Waals surface area contributed by atoms with Crippen molar-refractivity contribution in [3.8, 4) is 0 Å². The highest BCUT2D eigenvalue weighted by Crippen LogP contribution is 2.22. The molecule has 3 aromatic rings. The molecule has 0 aliphatic rings. The molecular formula is C18H19N3O4. The summed E-state index contributed by atoms with van der Waals surface area (Å²) >= 11 is 0. The lowest BCUT2D eigenvalue weighted by atomic mass is 10.2. The summed E-state index contributed by atoms with van der Waals surface area (Å²) in [7, 11) is 5.20. The number of hydrogen-bond acceptors (Lipinski definition) is 5. The number of ether oxygens (including phenoxy) is 1. The van der Waals surface area contributed by atoms with E-state index in [1.165, 1.54) is 13.4 Å². The van der Waals surface area contributed by atoms with E-state index in [4.69, 9.17) is 9.15 Å². The van der Waals surface area contributed by atoms with Crippen molar-refractivity contribution in [2.45, 2.75) is 6.54 Å². The topological polar surface area (TPSA) is 76.7 Å². The Morgan fingerprint density at radius 1 is 1.20 bits per heavy atom. The van der Waals surface area contributed by atoms with Gasteiger partial charge in [-0.15, -0.1) is 0 Å². The number of nitrogens with zero attached hydrogens (tertiary/aromatic N) is 2. The van der Waals surface area contributed by atoms with Crippen LogP contribution >= 0.6 is 0 Å². The maximum absolute atomic E-state index is 12.4. The zero-order valence-corrected chi connectivity index (χ0v) is 14.3. The predicted molar refractivity (Wildman–Crippen MR) is 94.9 cm³/mol. The van der Waals surface area contributed by atoms with E-state index in [2.05, 4.69) is 5.32 Å². The normalized spacial score (nSPS) is 10.7. The van der Waals surface area contributed by atoms with E-state index < -0.39 is 5.97 Å². The number of amides is 1. The molecule has 0 unspecified atom stereocenters. The van der Waals surface area contributed by atoms with Gasteiger partial charge in [-0.25, -0.2) is 4.79 Å². The van der Waals surface area contributed by atoms with Gasteiger partial charge in [-0.2, -0.15) is 0 Å². The molecule has 0 radical (unpaired) electrons. The van der Waals surface area contributed by atoms with Crippen molar-refractivity contribution >= 4 is 34.4 Å². The van der Waals surface area contributed by atoms with Crippen molar-refractivity contribution in [2.24, 2.45) is 0 Å². The van der Waals surface area contributed by atoms with Gasteiger partial charge in [0.2, 0.25) is 5.91 Å². The Labute approximate surface area is 144 Å². The van der Waals surface area contributed by atoms with Crippen molar-refractivity contribution in [3.63, 3.8) is 0 Å². The summed E-state index contributed by atoms with van der Waals surface area (Å²) < 4.78 is 11.7. The maximum Gasteiger partial charge on any atom is 0.354 e. The second kappa shape index (κ2) is 6.72. The van der Waals surface area contributed by atoms with Crippen LogP contribution in [0.15, 0.2) is 47.1 Å². The molecule has 1 aromatic carbocycles. The first-order valence-corrected chi connectivity index (χ1v) is 7.72. The summed E-state index contributed by atoms with van der Waals surface area (Å²) in [6.07, 6.45) is 1.51. The van der Waals surface area contributed by atoms with E-state index in [0.717, 1.165) is 5.69 Å². The van der Waals surface area contributed by atoms with Crippen molar-refractivity contribution < 1.29 is 18.7 Å². The highest BCUT2D eigenvalue weighted by Gasteiger charge is 2.19. The third-order valence-corrected chi connectivity index (χ3v) is 3.89. The molecule has 0 aliphatic carbocycles. The lowest BCUT2D eigenvalue weighted by Gasteiger charge is -2.13. The van der Waals surface area contributed by atoms with Gasteiger partial charge in [-0.05, 0) is 24.3 Å². The van der Waals surface area contributed by atoms with E-state index in [-0.39, 0.29) is 18.1 Å². The molecule has 0 saturated carbocycles. The van der Waals surface area contributed by atoms with Crippen molar-refractivity contribution in [2.75, 3.05) is 31.4 Å². The second-order valence-corrected chi connectivity index (χ2v) is 5.77. The number of methoxy groups -OCH3 is 1. The number of rotatable bonds is 5. The van der Waals surface area contributed by atoms with Gasteiger partial charge in [0.05, 0.1) is 18.9 Å². The summed E-state index contributed by atoms with van der Waals surface area (Å²) in [5, 5.41) is 2.83. The minimum atomic E-state index is -0.519.